The molecule has 2 rings (SSSR count). The summed E-state index contributed by atoms with van der Waals surface area (Å²) in [6.45, 7) is 6.54. The standard InChI is InChI=1S/C22H29N3OS2/c1-5-15(3)7-12-18-19(14-23)22(27-20(18)6-2)25-21(26)13-16-8-10-17(11-9-16)28-24-4/h8-11,15,24H,5-7,12-13H2,1-4H3,(H,25,26). The average Bonchev–Trinajstić information content (AvgIpc) is 3.03. The first kappa shape index (κ1) is 22.5. The molecule has 1 aromatic heterocycles. The maximum atomic E-state index is 12.6. The Balaban J connectivity index is 2.10. The molecule has 1 heterocycles. The second kappa shape index (κ2) is 11.3. The van der Waals surface area contributed by atoms with Gasteiger partial charge in [0.25, 0.3) is 0 Å². The molecule has 1 atom stereocenters. The van der Waals surface area contributed by atoms with Gasteiger partial charge >= 0.3 is 0 Å². The van der Waals surface area contributed by atoms with Crippen LogP contribution in [0.3, 0.4) is 0 Å². The molecular weight excluding hydrogens is 386 g/mol. The topological polar surface area (TPSA) is 64.9 Å². The molecule has 1 amide bonds. The number of amides is 1. The molecule has 0 aliphatic rings. The fraction of sp³-hybridized carbons (Fsp3) is 0.455. The number of hydrogen-bond donors (Lipinski definition) is 2. The number of benzene rings is 1. The minimum Gasteiger partial charge on any atom is -0.316 e. The van der Waals surface area contributed by atoms with Crippen LogP contribution in [-0.4, -0.2) is 13.0 Å². The zero-order valence-electron chi connectivity index (χ0n) is 17.1. The SMILES string of the molecule is CCc1sc(NC(=O)Cc2ccc(SNC)cc2)c(C#N)c1CCC(C)CC. The number of anilines is 1. The molecule has 0 saturated heterocycles. The Morgan fingerprint density at radius 2 is 2.00 bits per heavy atom. The lowest BCUT2D eigenvalue weighted by atomic mass is 9.96. The van der Waals surface area contributed by atoms with Crippen molar-refractivity contribution in [3.05, 3.63) is 45.8 Å². The van der Waals surface area contributed by atoms with Gasteiger partial charge in [0, 0.05) is 9.77 Å². The molecule has 0 spiro atoms. The largest absolute Gasteiger partial charge is 0.316 e. The quantitative estimate of drug-likeness (QED) is 0.498. The van der Waals surface area contributed by atoms with E-state index in [1.165, 1.54) is 4.88 Å². The Hall–Kier alpha value is -1.81. The first-order chi connectivity index (χ1) is 13.5. The van der Waals surface area contributed by atoms with Crippen LogP contribution in [0.2, 0.25) is 0 Å². The summed E-state index contributed by atoms with van der Waals surface area (Å²) in [4.78, 5) is 14.9. The third kappa shape index (κ3) is 6.10. The van der Waals surface area contributed by atoms with Gasteiger partial charge in [-0.05, 0) is 67.4 Å². The first-order valence-corrected chi connectivity index (χ1v) is 11.4. The number of aryl methyl sites for hydroxylation is 1. The molecule has 0 fully saturated rings. The predicted molar refractivity (Wildman–Crippen MR) is 120 cm³/mol. The van der Waals surface area contributed by atoms with E-state index in [-0.39, 0.29) is 5.91 Å². The lowest BCUT2D eigenvalue weighted by Gasteiger charge is -2.09. The van der Waals surface area contributed by atoms with E-state index < -0.39 is 0 Å². The summed E-state index contributed by atoms with van der Waals surface area (Å²) in [6.07, 6.45) is 4.30. The van der Waals surface area contributed by atoms with Crippen LogP contribution in [0.15, 0.2) is 29.2 Å². The van der Waals surface area contributed by atoms with Gasteiger partial charge < -0.3 is 5.32 Å². The highest BCUT2D eigenvalue weighted by Crippen LogP contribution is 2.35. The summed E-state index contributed by atoms with van der Waals surface area (Å²) in [5.74, 6) is 0.557. The van der Waals surface area contributed by atoms with Gasteiger partial charge in [-0.2, -0.15) is 5.26 Å². The highest BCUT2D eigenvalue weighted by atomic mass is 32.2. The van der Waals surface area contributed by atoms with Gasteiger partial charge in [-0.15, -0.1) is 11.3 Å². The Labute approximate surface area is 176 Å². The zero-order chi connectivity index (χ0) is 20.5. The summed E-state index contributed by atoms with van der Waals surface area (Å²) < 4.78 is 3.03. The number of carbonyl (C=O) groups excluding carboxylic acids is 1. The fourth-order valence-corrected chi connectivity index (χ4v) is 4.67. The summed E-state index contributed by atoms with van der Waals surface area (Å²) >= 11 is 3.09. The fourth-order valence-electron chi connectivity index (χ4n) is 3.01. The number of thiophene rings is 1. The van der Waals surface area contributed by atoms with Gasteiger partial charge in [-0.1, -0.05) is 39.3 Å². The van der Waals surface area contributed by atoms with E-state index in [0.29, 0.717) is 22.9 Å². The van der Waals surface area contributed by atoms with Gasteiger partial charge in [0.2, 0.25) is 5.91 Å². The molecule has 0 radical (unpaired) electrons. The molecule has 6 heteroatoms. The Morgan fingerprint density at radius 1 is 1.29 bits per heavy atom. The van der Waals surface area contributed by atoms with Crippen molar-refractivity contribution in [2.24, 2.45) is 5.92 Å². The second-order valence-electron chi connectivity index (χ2n) is 6.90. The molecule has 1 unspecified atom stereocenters. The van der Waals surface area contributed by atoms with Crippen molar-refractivity contribution in [1.82, 2.24) is 4.72 Å². The van der Waals surface area contributed by atoms with E-state index in [0.717, 1.165) is 41.7 Å². The summed E-state index contributed by atoms with van der Waals surface area (Å²) in [7, 11) is 1.88. The molecular formula is C22H29N3OS2. The van der Waals surface area contributed by atoms with E-state index >= 15 is 0 Å². The van der Waals surface area contributed by atoms with E-state index in [9.17, 15) is 10.1 Å². The number of nitriles is 1. The van der Waals surface area contributed by atoms with Crippen molar-refractivity contribution >= 4 is 34.2 Å². The number of rotatable bonds is 10. The summed E-state index contributed by atoms with van der Waals surface area (Å²) in [5.41, 5.74) is 2.74. The van der Waals surface area contributed by atoms with Crippen molar-refractivity contribution in [1.29, 1.82) is 5.26 Å². The van der Waals surface area contributed by atoms with Crippen LogP contribution in [0.4, 0.5) is 5.00 Å². The predicted octanol–water partition coefficient (Wildman–Crippen LogP) is 5.57. The molecule has 2 N–H and O–H groups in total. The smallest absolute Gasteiger partial charge is 0.229 e. The van der Waals surface area contributed by atoms with Gasteiger partial charge in [0.15, 0.2) is 0 Å². The molecule has 0 aliphatic carbocycles. The Kier molecular flexibility index (Phi) is 9.04. The van der Waals surface area contributed by atoms with Crippen molar-refractivity contribution < 1.29 is 4.79 Å². The lowest BCUT2D eigenvalue weighted by molar-refractivity contribution is -0.115. The second-order valence-corrected chi connectivity index (χ2v) is 9.09. The van der Waals surface area contributed by atoms with Crippen LogP contribution in [-0.2, 0) is 24.1 Å². The van der Waals surface area contributed by atoms with Gasteiger partial charge in [-0.3, -0.25) is 9.52 Å². The van der Waals surface area contributed by atoms with Crippen LogP contribution < -0.4 is 10.0 Å². The Bertz CT molecular complexity index is 822. The monoisotopic (exact) mass is 415 g/mol. The van der Waals surface area contributed by atoms with E-state index in [1.807, 2.05) is 31.3 Å². The summed E-state index contributed by atoms with van der Waals surface area (Å²) in [5, 5.41) is 13.4. The van der Waals surface area contributed by atoms with Crippen LogP contribution in [0, 0.1) is 17.2 Å². The van der Waals surface area contributed by atoms with Crippen LogP contribution in [0.5, 0.6) is 0 Å². The maximum absolute atomic E-state index is 12.6. The molecule has 0 aliphatic heterocycles. The first-order valence-electron chi connectivity index (χ1n) is 9.79. The molecule has 150 valence electrons. The van der Waals surface area contributed by atoms with Gasteiger partial charge in [0.1, 0.15) is 11.1 Å². The third-order valence-electron chi connectivity index (χ3n) is 4.87. The highest BCUT2D eigenvalue weighted by molar-refractivity contribution is 7.97. The molecule has 0 saturated carbocycles. The third-order valence-corrected chi connectivity index (χ3v) is 6.87. The van der Waals surface area contributed by atoms with Crippen molar-refractivity contribution in [2.75, 3.05) is 12.4 Å². The zero-order valence-corrected chi connectivity index (χ0v) is 18.7. The normalized spacial score (nSPS) is 11.8. The van der Waals surface area contributed by atoms with Crippen molar-refractivity contribution in [2.45, 2.75) is 57.8 Å². The van der Waals surface area contributed by atoms with E-state index in [1.54, 1.807) is 23.3 Å². The van der Waals surface area contributed by atoms with Crippen LogP contribution in [0.1, 0.15) is 55.2 Å². The molecule has 0 bridgehead atoms. The Morgan fingerprint density at radius 3 is 2.57 bits per heavy atom. The number of hydrogen-bond acceptors (Lipinski definition) is 5. The maximum Gasteiger partial charge on any atom is 0.229 e. The minimum atomic E-state index is -0.0806. The van der Waals surface area contributed by atoms with Crippen molar-refractivity contribution in [3.8, 4) is 6.07 Å². The lowest BCUT2D eigenvalue weighted by Crippen LogP contribution is -2.14. The van der Waals surface area contributed by atoms with Gasteiger partial charge in [-0.25, -0.2) is 0 Å². The molecule has 2 aromatic rings. The molecule has 28 heavy (non-hydrogen) atoms. The van der Waals surface area contributed by atoms with Crippen LogP contribution in [0.25, 0.3) is 0 Å². The summed E-state index contributed by atoms with van der Waals surface area (Å²) in [6, 6.07) is 10.3. The van der Waals surface area contributed by atoms with E-state index in [2.05, 4.69) is 36.9 Å². The number of nitrogens with one attached hydrogen (secondary N) is 2. The average molecular weight is 416 g/mol. The van der Waals surface area contributed by atoms with Gasteiger partial charge in [0.05, 0.1) is 12.0 Å². The van der Waals surface area contributed by atoms with Crippen molar-refractivity contribution in [3.63, 3.8) is 0 Å². The number of carbonyl (C=O) groups is 1. The highest BCUT2D eigenvalue weighted by Gasteiger charge is 2.19. The van der Waals surface area contributed by atoms with E-state index in [4.69, 9.17) is 0 Å². The minimum absolute atomic E-state index is 0.0806. The molecule has 4 nitrogen and oxygen atoms in total. The molecule has 1 aromatic carbocycles. The number of nitrogens with zero attached hydrogens (tertiary/aromatic N) is 1. The van der Waals surface area contributed by atoms with Crippen LogP contribution >= 0.6 is 23.3 Å².